The van der Waals surface area contributed by atoms with Crippen LogP contribution in [-0.4, -0.2) is 47.8 Å². The fourth-order valence-corrected chi connectivity index (χ4v) is 3.21. The van der Waals surface area contributed by atoms with Gasteiger partial charge in [0.15, 0.2) is 22.4 Å². The normalized spacial score (nSPS) is 12.9. The monoisotopic (exact) mass is 390 g/mol. The number of methoxy groups -OCH3 is 1. The Morgan fingerprint density at radius 3 is 2.78 bits per heavy atom. The molecule has 1 aliphatic rings. The van der Waals surface area contributed by atoms with Crippen molar-refractivity contribution in [3.05, 3.63) is 45.9 Å². The number of Topliss-reactive ketones (excluding diaryl/α,β-unsaturated/α-hetero) is 1. The first-order chi connectivity index (χ1) is 13.0. The van der Waals surface area contributed by atoms with Crippen molar-refractivity contribution in [2.75, 3.05) is 26.1 Å². The second-order valence-corrected chi connectivity index (χ2v) is 6.68. The Morgan fingerprint density at radius 2 is 2.00 bits per heavy atom. The maximum atomic E-state index is 12.5. The van der Waals surface area contributed by atoms with Gasteiger partial charge in [0, 0.05) is 18.1 Å². The van der Waals surface area contributed by atoms with Gasteiger partial charge in [0.2, 0.25) is 0 Å². The Hall–Kier alpha value is -2.81. The summed E-state index contributed by atoms with van der Waals surface area (Å²) in [7, 11) is 1.26. The smallest absolute Gasteiger partial charge is 0.311 e. The van der Waals surface area contributed by atoms with Crippen LogP contribution >= 0.6 is 11.8 Å². The minimum atomic E-state index is -0.493. The lowest BCUT2D eigenvalue weighted by atomic mass is 10.1. The quantitative estimate of drug-likeness (QED) is 0.343. The Balaban J connectivity index is 1.68. The van der Waals surface area contributed by atoms with E-state index in [9.17, 15) is 14.4 Å². The highest BCUT2D eigenvalue weighted by atomic mass is 32.2. The van der Waals surface area contributed by atoms with Crippen LogP contribution in [0, 0.1) is 0 Å². The first-order valence-electron chi connectivity index (χ1n) is 8.28. The standard InChI is InChI=1S/C18H18N2O6S/c1-24-17(23)9-12-8-16(22)20-18(19-12)27-10-13(21)11-3-4-14-15(7-11)26-6-2-5-25-14/h3-4,7-8H,2,5-6,9-10H2,1H3,(H,19,20,22). The number of benzene rings is 1. The van der Waals surface area contributed by atoms with E-state index in [4.69, 9.17) is 9.47 Å². The van der Waals surface area contributed by atoms with Gasteiger partial charge in [-0.15, -0.1) is 0 Å². The van der Waals surface area contributed by atoms with E-state index in [1.165, 1.54) is 13.2 Å². The number of rotatable bonds is 6. The number of hydrogen-bond acceptors (Lipinski definition) is 8. The molecule has 8 nitrogen and oxygen atoms in total. The Morgan fingerprint density at radius 1 is 1.22 bits per heavy atom. The number of nitrogens with zero attached hydrogens (tertiary/aromatic N) is 1. The molecule has 0 saturated heterocycles. The summed E-state index contributed by atoms with van der Waals surface area (Å²) in [5, 5.41) is 0.268. The number of thioether (sulfide) groups is 1. The van der Waals surface area contributed by atoms with Gasteiger partial charge in [-0.3, -0.25) is 14.4 Å². The van der Waals surface area contributed by atoms with Crippen LogP contribution in [0.15, 0.2) is 34.2 Å². The summed E-state index contributed by atoms with van der Waals surface area (Å²) in [5.41, 5.74) is 0.380. The maximum absolute atomic E-state index is 12.5. The van der Waals surface area contributed by atoms with E-state index in [0.29, 0.717) is 30.3 Å². The molecular formula is C18H18N2O6S. The van der Waals surface area contributed by atoms with Crippen LogP contribution in [0.2, 0.25) is 0 Å². The Kier molecular flexibility index (Phi) is 6.12. The van der Waals surface area contributed by atoms with E-state index in [-0.39, 0.29) is 28.8 Å². The highest BCUT2D eigenvalue weighted by Gasteiger charge is 2.15. The van der Waals surface area contributed by atoms with E-state index in [2.05, 4.69) is 14.7 Å². The number of ether oxygens (including phenoxy) is 3. The molecule has 0 aliphatic carbocycles. The summed E-state index contributed by atoms with van der Waals surface area (Å²) in [6, 6.07) is 6.29. The first-order valence-corrected chi connectivity index (χ1v) is 9.26. The van der Waals surface area contributed by atoms with Crippen LogP contribution in [0.4, 0.5) is 0 Å². The van der Waals surface area contributed by atoms with Gasteiger partial charge in [0.05, 0.1) is 38.2 Å². The second-order valence-electron chi connectivity index (χ2n) is 5.72. The summed E-state index contributed by atoms with van der Waals surface area (Å²) < 4.78 is 15.7. The van der Waals surface area contributed by atoms with Gasteiger partial charge in [-0.05, 0) is 18.2 Å². The summed E-state index contributed by atoms with van der Waals surface area (Å²) in [6.45, 7) is 1.12. The van der Waals surface area contributed by atoms with E-state index in [0.717, 1.165) is 18.2 Å². The number of carbonyl (C=O) groups is 2. The number of hydrogen-bond donors (Lipinski definition) is 1. The van der Waals surface area contributed by atoms with Gasteiger partial charge < -0.3 is 19.2 Å². The molecule has 1 aromatic heterocycles. The number of fused-ring (bicyclic) bond motifs is 1. The molecule has 0 radical (unpaired) electrons. The fourth-order valence-electron chi connectivity index (χ4n) is 2.42. The third kappa shape index (κ3) is 5.10. The molecule has 0 spiro atoms. The molecule has 0 amide bonds. The van der Waals surface area contributed by atoms with Crippen molar-refractivity contribution in [1.29, 1.82) is 0 Å². The average molecular weight is 390 g/mol. The summed E-state index contributed by atoms with van der Waals surface area (Å²) in [5.74, 6) is 0.613. The zero-order valence-electron chi connectivity index (χ0n) is 14.6. The van der Waals surface area contributed by atoms with Gasteiger partial charge in [-0.1, -0.05) is 11.8 Å². The number of aromatic nitrogens is 2. The van der Waals surface area contributed by atoms with Crippen LogP contribution < -0.4 is 15.0 Å². The van der Waals surface area contributed by atoms with Gasteiger partial charge in [0.1, 0.15) is 0 Å². The molecule has 2 aromatic rings. The first kappa shape index (κ1) is 19.0. The number of ketones is 1. The highest BCUT2D eigenvalue weighted by molar-refractivity contribution is 7.99. The summed E-state index contributed by atoms with van der Waals surface area (Å²) in [4.78, 5) is 42.3. The molecule has 9 heteroatoms. The molecule has 1 N–H and O–H groups in total. The third-order valence-electron chi connectivity index (χ3n) is 3.74. The van der Waals surface area contributed by atoms with Gasteiger partial charge in [-0.25, -0.2) is 4.98 Å². The molecule has 0 fully saturated rings. The van der Waals surface area contributed by atoms with Gasteiger partial charge >= 0.3 is 5.97 Å². The fraction of sp³-hybridized carbons (Fsp3) is 0.333. The van der Waals surface area contributed by atoms with Gasteiger partial charge in [0.25, 0.3) is 5.56 Å². The molecular weight excluding hydrogens is 372 g/mol. The van der Waals surface area contributed by atoms with Crippen molar-refractivity contribution in [2.45, 2.75) is 18.0 Å². The lowest BCUT2D eigenvalue weighted by Gasteiger charge is -2.09. The Labute approximate surface area is 159 Å². The molecule has 2 heterocycles. The SMILES string of the molecule is COC(=O)Cc1cc(=O)[nH]c(SCC(=O)c2ccc3c(c2)OCCCO3)n1. The predicted molar refractivity (Wildman–Crippen MR) is 97.7 cm³/mol. The Bertz CT molecular complexity index is 911. The van der Waals surface area contributed by atoms with E-state index >= 15 is 0 Å². The average Bonchev–Trinajstić information content (AvgIpc) is 2.90. The second kappa shape index (κ2) is 8.72. The molecule has 0 atom stereocenters. The van der Waals surface area contributed by atoms with E-state index < -0.39 is 11.5 Å². The van der Waals surface area contributed by atoms with Gasteiger partial charge in [-0.2, -0.15) is 0 Å². The minimum Gasteiger partial charge on any atom is -0.490 e. The number of carbonyl (C=O) groups excluding carboxylic acids is 2. The molecule has 142 valence electrons. The highest BCUT2D eigenvalue weighted by Crippen LogP contribution is 2.31. The van der Waals surface area contributed by atoms with Crippen molar-refractivity contribution in [3.63, 3.8) is 0 Å². The van der Waals surface area contributed by atoms with E-state index in [1.807, 2.05) is 0 Å². The maximum Gasteiger partial charge on any atom is 0.311 e. The zero-order valence-corrected chi connectivity index (χ0v) is 15.5. The number of esters is 1. The number of nitrogens with one attached hydrogen (secondary N) is 1. The van der Waals surface area contributed by atoms with Crippen molar-refractivity contribution in [2.24, 2.45) is 0 Å². The molecule has 27 heavy (non-hydrogen) atoms. The number of H-pyrrole nitrogens is 1. The van der Waals surface area contributed by atoms with Crippen LogP contribution in [0.5, 0.6) is 11.5 Å². The molecule has 1 aromatic carbocycles. The minimum absolute atomic E-state index is 0.0737. The molecule has 0 saturated carbocycles. The van der Waals surface area contributed by atoms with Crippen LogP contribution in [0.1, 0.15) is 22.5 Å². The van der Waals surface area contributed by atoms with E-state index in [1.54, 1.807) is 18.2 Å². The lowest BCUT2D eigenvalue weighted by Crippen LogP contribution is -2.14. The van der Waals surface area contributed by atoms with Crippen molar-refractivity contribution in [3.8, 4) is 11.5 Å². The number of aromatic amines is 1. The van der Waals surface area contributed by atoms with Crippen LogP contribution in [-0.2, 0) is 16.0 Å². The van der Waals surface area contributed by atoms with Crippen LogP contribution in [0.3, 0.4) is 0 Å². The third-order valence-corrected chi connectivity index (χ3v) is 4.61. The van der Waals surface area contributed by atoms with Crippen molar-refractivity contribution >= 4 is 23.5 Å². The molecule has 1 aliphatic heterocycles. The molecule has 0 bridgehead atoms. The molecule has 3 rings (SSSR count). The van der Waals surface area contributed by atoms with Crippen molar-refractivity contribution in [1.82, 2.24) is 9.97 Å². The topological polar surface area (TPSA) is 108 Å². The van der Waals surface area contributed by atoms with Crippen LogP contribution in [0.25, 0.3) is 0 Å². The predicted octanol–water partition coefficient (Wildman–Crippen LogP) is 1.62. The zero-order chi connectivity index (χ0) is 19.2. The largest absolute Gasteiger partial charge is 0.490 e. The van der Waals surface area contributed by atoms with Crippen molar-refractivity contribution < 1.29 is 23.8 Å². The summed E-state index contributed by atoms with van der Waals surface area (Å²) >= 11 is 1.09. The summed E-state index contributed by atoms with van der Waals surface area (Å²) in [6.07, 6.45) is 0.679. The lowest BCUT2D eigenvalue weighted by molar-refractivity contribution is -0.139. The molecule has 0 unspecified atom stereocenters.